The minimum absolute atomic E-state index is 0. The van der Waals surface area contributed by atoms with E-state index in [9.17, 15) is 0 Å². The predicted octanol–water partition coefficient (Wildman–Crippen LogP) is 2.69. The lowest BCUT2D eigenvalue weighted by Crippen LogP contribution is -2.23. The minimum atomic E-state index is 0. The van der Waals surface area contributed by atoms with Gasteiger partial charge in [-0.3, -0.25) is 0 Å². The zero-order valence-electron chi connectivity index (χ0n) is 11.6. The molecule has 0 radical (unpaired) electrons. The molecule has 1 aliphatic heterocycles. The molecule has 108 valence electrons. The summed E-state index contributed by atoms with van der Waals surface area (Å²) in [6.07, 6.45) is 4.04. The van der Waals surface area contributed by atoms with Gasteiger partial charge in [0.25, 0.3) is 0 Å². The van der Waals surface area contributed by atoms with Crippen LogP contribution >= 0.6 is 12.4 Å². The lowest BCUT2D eigenvalue weighted by Gasteiger charge is -2.04. The fourth-order valence-electron chi connectivity index (χ4n) is 2.57. The van der Waals surface area contributed by atoms with Crippen LogP contribution in [0.3, 0.4) is 0 Å². The average molecular weight is 294 g/mol. The van der Waals surface area contributed by atoms with Crippen molar-refractivity contribution in [2.24, 2.45) is 0 Å². The van der Waals surface area contributed by atoms with Crippen LogP contribution < -0.4 is 5.32 Å². The summed E-state index contributed by atoms with van der Waals surface area (Å²) in [5.74, 6) is 1.53. The summed E-state index contributed by atoms with van der Waals surface area (Å²) in [4.78, 5) is 4.49. The number of halogens is 1. The third kappa shape index (κ3) is 3.58. The number of nitrogens with zero attached hydrogens (tertiary/aromatic N) is 2. The van der Waals surface area contributed by atoms with E-state index >= 15 is 0 Å². The van der Waals surface area contributed by atoms with Crippen LogP contribution in [0, 0.1) is 6.92 Å². The smallest absolute Gasteiger partial charge is 0.228 e. The lowest BCUT2D eigenvalue weighted by atomic mass is 10.1. The Labute approximate surface area is 125 Å². The van der Waals surface area contributed by atoms with Gasteiger partial charge in [-0.05, 0) is 37.4 Å². The van der Waals surface area contributed by atoms with Crippen molar-refractivity contribution in [3.63, 3.8) is 0 Å². The summed E-state index contributed by atoms with van der Waals surface area (Å²) in [6, 6.07) is 8.83. The zero-order valence-corrected chi connectivity index (χ0v) is 12.4. The number of hydrogen-bond donors (Lipinski definition) is 1. The number of aryl methyl sites for hydroxylation is 1. The second kappa shape index (κ2) is 6.86. The van der Waals surface area contributed by atoms with Crippen LogP contribution in [0.15, 0.2) is 28.8 Å². The van der Waals surface area contributed by atoms with Gasteiger partial charge in [0.15, 0.2) is 5.82 Å². The van der Waals surface area contributed by atoms with E-state index in [1.54, 1.807) is 0 Å². The second-order valence-electron chi connectivity index (χ2n) is 5.21. The van der Waals surface area contributed by atoms with Crippen LogP contribution in [0.1, 0.15) is 35.7 Å². The molecule has 20 heavy (non-hydrogen) atoms. The number of nitrogens with one attached hydrogen (secondary N) is 1. The molecule has 3 rings (SSSR count). The largest absolute Gasteiger partial charge is 0.339 e. The quantitative estimate of drug-likeness (QED) is 0.942. The lowest BCUT2D eigenvalue weighted by molar-refractivity contribution is 0.360. The van der Waals surface area contributed by atoms with Crippen LogP contribution in [0.25, 0.3) is 0 Å². The third-order valence-corrected chi connectivity index (χ3v) is 3.70. The highest BCUT2D eigenvalue weighted by atomic mass is 35.5. The van der Waals surface area contributed by atoms with Gasteiger partial charge in [-0.15, -0.1) is 12.4 Å². The molecule has 0 saturated carbocycles. The molecule has 0 spiro atoms. The van der Waals surface area contributed by atoms with Gasteiger partial charge in [-0.2, -0.15) is 4.98 Å². The van der Waals surface area contributed by atoms with E-state index in [2.05, 4.69) is 34.5 Å². The summed E-state index contributed by atoms with van der Waals surface area (Å²) in [7, 11) is 0. The summed E-state index contributed by atoms with van der Waals surface area (Å²) in [5.41, 5.74) is 2.53. The molecule has 1 unspecified atom stereocenters. The molecule has 1 atom stereocenters. The maximum atomic E-state index is 5.34. The standard InChI is InChI=1S/C15H19N3O.ClH/c1-11-5-2-3-6-12(11)9-14-17-15(19-18-14)10-13-7-4-8-16-13;/h2-3,5-6,13,16H,4,7-10H2,1H3;1H. The molecule has 1 N–H and O–H groups in total. The van der Waals surface area contributed by atoms with Crippen molar-refractivity contribution in [1.29, 1.82) is 0 Å². The molecule has 1 aromatic carbocycles. The molecular weight excluding hydrogens is 274 g/mol. The molecule has 2 heterocycles. The van der Waals surface area contributed by atoms with Crippen LogP contribution in [0.4, 0.5) is 0 Å². The first-order chi connectivity index (χ1) is 9.31. The zero-order chi connectivity index (χ0) is 13.1. The molecule has 0 amide bonds. The Morgan fingerprint density at radius 3 is 2.95 bits per heavy atom. The van der Waals surface area contributed by atoms with E-state index in [0.717, 1.165) is 31.1 Å². The predicted molar refractivity (Wildman–Crippen MR) is 80.3 cm³/mol. The van der Waals surface area contributed by atoms with Crippen molar-refractivity contribution in [2.75, 3.05) is 6.54 Å². The molecular formula is C15H20ClN3O. The van der Waals surface area contributed by atoms with E-state index in [1.165, 1.54) is 24.0 Å². The Balaban J connectivity index is 0.00000147. The fraction of sp³-hybridized carbons (Fsp3) is 0.467. The molecule has 2 aromatic rings. The van der Waals surface area contributed by atoms with Gasteiger partial charge in [0, 0.05) is 18.9 Å². The van der Waals surface area contributed by atoms with Crippen molar-refractivity contribution < 1.29 is 4.52 Å². The van der Waals surface area contributed by atoms with E-state index < -0.39 is 0 Å². The SMILES string of the molecule is Cc1ccccc1Cc1noc(CC2CCCN2)n1.Cl. The maximum absolute atomic E-state index is 5.34. The summed E-state index contributed by atoms with van der Waals surface area (Å²) in [6.45, 7) is 3.22. The molecule has 1 fully saturated rings. The fourth-order valence-corrected chi connectivity index (χ4v) is 2.57. The summed E-state index contributed by atoms with van der Waals surface area (Å²) in [5, 5.41) is 7.53. The highest BCUT2D eigenvalue weighted by Crippen LogP contribution is 2.14. The Morgan fingerprint density at radius 1 is 1.35 bits per heavy atom. The normalized spacial score (nSPS) is 17.9. The van der Waals surface area contributed by atoms with Crippen LogP contribution in [-0.2, 0) is 12.8 Å². The van der Waals surface area contributed by atoms with E-state index in [-0.39, 0.29) is 12.4 Å². The Hall–Kier alpha value is -1.39. The van der Waals surface area contributed by atoms with E-state index in [0.29, 0.717) is 6.04 Å². The monoisotopic (exact) mass is 293 g/mol. The van der Waals surface area contributed by atoms with Crippen molar-refractivity contribution in [2.45, 2.75) is 38.6 Å². The first-order valence-corrected chi connectivity index (χ1v) is 6.90. The van der Waals surface area contributed by atoms with Gasteiger partial charge in [-0.25, -0.2) is 0 Å². The van der Waals surface area contributed by atoms with Crippen molar-refractivity contribution in [3.8, 4) is 0 Å². The molecule has 5 heteroatoms. The van der Waals surface area contributed by atoms with Gasteiger partial charge in [0.2, 0.25) is 5.89 Å². The average Bonchev–Trinajstić information content (AvgIpc) is 3.05. The topological polar surface area (TPSA) is 51.0 Å². The Morgan fingerprint density at radius 2 is 2.20 bits per heavy atom. The van der Waals surface area contributed by atoms with Crippen LogP contribution in [0.2, 0.25) is 0 Å². The highest BCUT2D eigenvalue weighted by Gasteiger charge is 2.18. The van der Waals surface area contributed by atoms with Gasteiger partial charge in [-0.1, -0.05) is 29.4 Å². The maximum Gasteiger partial charge on any atom is 0.228 e. The number of rotatable bonds is 4. The van der Waals surface area contributed by atoms with E-state index in [4.69, 9.17) is 4.52 Å². The molecule has 4 nitrogen and oxygen atoms in total. The van der Waals surface area contributed by atoms with Gasteiger partial charge < -0.3 is 9.84 Å². The first-order valence-electron chi connectivity index (χ1n) is 6.90. The molecule has 1 aromatic heterocycles. The molecule has 1 saturated heterocycles. The van der Waals surface area contributed by atoms with Crippen molar-refractivity contribution in [1.82, 2.24) is 15.5 Å². The third-order valence-electron chi connectivity index (χ3n) is 3.70. The van der Waals surface area contributed by atoms with Crippen molar-refractivity contribution >= 4 is 12.4 Å². The van der Waals surface area contributed by atoms with Gasteiger partial charge >= 0.3 is 0 Å². The number of benzene rings is 1. The van der Waals surface area contributed by atoms with E-state index in [1.807, 2.05) is 12.1 Å². The number of hydrogen-bond acceptors (Lipinski definition) is 4. The van der Waals surface area contributed by atoms with Gasteiger partial charge in [0.05, 0.1) is 0 Å². The van der Waals surface area contributed by atoms with Crippen molar-refractivity contribution in [3.05, 3.63) is 47.1 Å². The molecule has 1 aliphatic rings. The Kier molecular flexibility index (Phi) is 5.15. The summed E-state index contributed by atoms with van der Waals surface area (Å²) < 4.78 is 5.34. The van der Waals surface area contributed by atoms with Crippen LogP contribution in [-0.4, -0.2) is 22.7 Å². The van der Waals surface area contributed by atoms with Gasteiger partial charge in [0.1, 0.15) is 0 Å². The van der Waals surface area contributed by atoms with Crippen LogP contribution in [0.5, 0.6) is 0 Å². The Bertz CT molecular complexity index is 550. The first kappa shape index (κ1) is 15.0. The summed E-state index contributed by atoms with van der Waals surface area (Å²) >= 11 is 0. The minimum Gasteiger partial charge on any atom is -0.339 e. The number of aromatic nitrogens is 2. The second-order valence-corrected chi connectivity index (χ2v) is 5.21. The highest BCUT2D eigenvalue weighted by molar-refractivity contribution is 5.85. The molecule has 0 bridgehead atoms. The molecule has 0 aliphatic carbocycles.